The highest BCUT2D eigenvalue weighted by Gasteiger charge is 2.41. The van der Waals surface area contributed by atoms with Crippen molar-refractivity contribution in [3.8, 4) is 16.9 Å². The zero-order chi connectivity index (χ0) is 24.0. The number of aliphatic carboxylic acids is 1. The molecule has 12 heteroatoms. The molecule has 1 heterocycles. The van der Waals surface area contributed by atoms with Crippen LogP contribution in [0.5, 0.6) is 5.75 Å². The van der Waals surface area contributed by atoms with Gasteiger partial charge in [-0.2, -0.15) is 35.1 Å². The van der Waals surface area contributed by atoms with Crippen LogP contribution in [0.4, 0.5) is 26.3 Å². The maximum atomic E-state index is 14.1. The predicted octanol–water partition coefficient (Wildman–Crippen LogP) is 6.29. The van der Waals surface area contributed by atoms with Crippen LogP contribution >= 0.6 is 11.7 Å². The third-order valence-electron chi connectivity index (χ3n) is 5.33. The molecule has 3 aromatic rings. The molecular weight excluding hydrogens is 474 g/mol. The number of carboxylic acid groups (broad SMARTS) is 1. The van der Waals surface area contributed by atoms with Crippen molar-refractivity contribution in [3.05, 3.63) is 41.5 Å². The minimum Gasteiger partial charge on any atom is -0.483 e. The van der Waals surface area contributed by atoms with E-state index in [9.17, 15) is 36.2 Å². The van der Waals surface area contributed by atoms with E-state index in [4.69, 9.17) is 0 Å². The number of alkyl halides is 6. The van der Waals surface area contributed by atoms with E-state index in [2.05, 4.69) is 13.5 Å². The van der Waals surface area contributed by atoms with Crippen LogP contribution in [0.2, 0.25) is 0 Å². The standard InChI is InChI=1S/C21H16F6N2O3S/c22-20(23,24)9-32-17-8-12(14(19(30)31)5-10-1-2-10)6-13(18(17)21(25,26)27)11-3-4-15-16(7-11)29-33-28-15/h3-4,6-8,10,14H,1-2,5,9H2,(H,30,31)/t14-/m1/s1. The van der Waals surface area contributed by atoms with Crippen molar-refractivity contribution in [2.24, 2.45) is 5.92 Å². The van der Waals surface area contributed by atoms with Gasteiger partial charge >= 0.3 is 18.3 Å². The van der Waals surface area contributed by atoms with Crippen LogP contribution in [0.25, 0.3) is 22.2 Å². The van der Waals surface area contributed by atoms with Gasteiger partial charge in [-0.25, -0.2) is 0 Å². The van der Waals surface area contributed by atoms with Crippen molar-refractivity contribution >= 4 is 28.7 Å². The molecule has 1 atom stereocenters. The Kier molecular flexibility index (Phi) is 5.97. The van der Waals surface area contributed by atoms with Gasteiger partial charge < -0.3 is 9.84 Å². The topological polar surface area (TPSA) is 72.3 Å². The number of aromatic nitrogens is 2. The van der Waals surface area contributed by atoms with Crippen LogP contribution < -0.4 is 4.74 Å². The predicted molar refractivity (Wildman–Crippen MR) is 107 cm³/mol. The lowest BCUT2D eigenvalue weighted by molar-refractivity contribution is -0.158. The Balaban J connectivity index is 1.92. The molecule has 5 nitrogen and oxygen atoms in total. The second-order valence-corrected chi connectivity index (χ2v) is 8.41. The minimum atomic E-state index is -5.07. The van der Waals surface area contributed by atoms with Crippen LogP contribution in [0, 0.1) is 5.92 Å². The molecule has 0 bridgehead atoms. The molecule has 176 valence electrons. The molecule has 1 N–H and O–H groups in total. The molecule has 1 aromatic heterocycles. The van der Waals surface area contributed by atoms with Gasteiger partial charge in [-0.05, 0) is 53.3 Å². The molecule has 1 aliphatic carbocycles. The van der Waals surface area contributed by atoms with Gasteiger partial charge in [0.25, 0.3) is 0 Å². The summed E-state index contributed by atoms with van der Waals surface area (Å²) in [7, 11) is 0. The van der Waals surface area contributed by atoms with Gasteiger partial charge in [-0.15, -0.1) is 0 Å². The molecule has 2 aromatic carbocycles. The fourth-order valence-electron chi connectivity index (χ4n) is 3.65. The molecule has 0 spiro atoms. The van der Waals surface area contributed by atoms with Gasteiger partial charge in [0.15, 0.2) is 6.61 Å². The lowest BCUT2D eigenvalue weighted by atomic mass is 9.88. The van der Waals surface area contributed by atoms with Crippen molar-refractivity contribution in [3.63, 3.8) is 0 Å². The van der Waals surface area contributed by atoms with Gasteiger partial charge in [-0.1, -0.05) is 18.9 Å². The fraction of sp³-hybridized carbons (Fsp3) is 0.381. The molecule has 1 saturated carbocycles. The summed E-state index contributed by atoms with van der Waals surface area (Å²) in [6.45, 7) is -1.95. The number of ether oxygens (including phenoxy) is 1. The average Bonchev–Trinajstić information content (AvgIpc) is 3.42. The van der Waals surface area contributed by atoms with Crippen molar-refractivity contribution < 1.29 is 41.0 Å². The van der Waals surface area contributed by atoms with E-state index in [0.29, 0.717) is 11.0 Å². The summed E-state index contributed by atoms with van der Waals surface area (Å²) in [6.07, 6.45) is -8.19. The lowest BCUT2D eigenvalue weighted by Gasteiger charge is -2.22. The lowest BCUT2D eigenvalue weighted by Crippen LogP contribution is -2.22. The SMILES string of the molecule is O=C(O)[C@H](CC1CC1)c1cc(OCC(F)(F)F)c(C(F)(F)F)c(-c2ccc3nsnc3c2)c1. The summed E-state index contributed by atoms with van der Waals surface area (Å²) >= 11 is 0.857. The minimum absolute atomic E-state index is 0.0109. The largest absolute Gasteiger partial charge is 0.483 e. The highest BCUT2D eigenvalue weighted by atomic mass is 32.1. The summed E-state index contributed by atoms with van der Waals surface area (Å²) in [5, 5.41) is 9.70. The molecule has 0 radical (unpaired) electrons. The van der Waals surface area contributed by atoms with Gasteiger partial charge in [-0.3, -0.25) is 4.79 Å². The van der Waals surface area contributed by atoms with E-state index in [0.717, 1.165) is 36.7 Å². The maximum absolute atomic E-state index is 14.1. The Hall–Kier alpha value is -2.89. The number of benzene rings is 2. The van der Waals surface area contributed by atoms with E-state index in [-0.39, 0.29) is 23.5 Å². The zero-order valence-electron chi connectivity index (χ0n) is 16.7. The maximum Gasteiger partial charge on any atom is 0.422 e. The molecule has 0 amide bonds. The molecule has 33 heavy (non-hydrogen) atoms. The number of halogens is 6. The highest BCUT2D eigenvalue weighted by molar-refractivity contribution is 7.00. The van der Waals surface area contributed by atoms with Crippen LogP contribution in [-0.2, 0) is 11.0 Å². The van der Waals surface area contributed by atoms with E-state index < -0.39 is 47.7 Å². The van der Waals surface area contributed by atoms with E-state index in [1.54, 1.807) is 0 Å². The Morgan fingerprint density at radius 2 is 1.79 bits per heavy atom. The average molecular weight is 490 g/mol. The van der Waals surface area contributed by atoms with Gasteiger partial charge in [0, 0.05) is 0 Å². The van der Waals surface area contributed by atoms with E-state index in [1.165, 1.54) is 18.2 Å². The molecule has 1 fully saturated rings. The first-order chi connectivity index (χ1) is 15.4. The van der Waals surface area contributed by atoms with Crippen LogP contribution in [-0.4, -0.2) is 32.6 Å². The molecular formula is C21H16F6N2O3S. The fourth-order valence-corrected chi connectivity index (χ4v) is 4.16. The van der Waals surface area contributed by atoms with Crippen LogP contribution in [0.3, 0.4) is 0 Å². The molecule has 1 aliphatic rings. The van der Waals surface area contributed by atoms with Crippen LogP contribution in [0.15, 0.2) is 30.3 Å². The Morgan fingerprint density at radius 1 is 1.09 bits per heavy atom. The third-order valence-corrected chi connectivity index (χ3v) is 5.89. The Morgan fingerprint density at radius 3 is 2.39 bits per heavy atom. The van der Waals surface area contributed by atoms with E-state index >= 15 is 0 Å². The van der Waals surface area contributed by atoms with Crippen molar-refractivity contribution in [2.75, 3.05) is 6.61 Å². The Labute approximate surface area is 187 Å². The summed E-state index contributed by atoms with van der Waals surface area (Å²) in [5.41, 5.74) is -1.17. The van der Waals surface area contributed by atoms with Crippen molar-refractivity contribution in [2.45, 2.75) is 37.5 Å². The first kappa shape index (κ1) is 23.3. The number of fused-ring (bicyclic) bond motifs is 1. The third kappa shape index (κ3) is 5.37. The summed E-state index contributed by atoms with van der Waals surface area (Å²) in [4.78, 5) is 11.9. The molecule has 4 rings (SSSR count). The molecule has 0 unspecified atom stereocenters. The molecule has 0 saturated heterocycles. The number of rotatable bonds is 7. The second kappa shape index (κ2) is 8.47. The quantitative estimate of drug-likeness (QED) is 0.395. The van der Waals surface area contributed by atoms with Crippen molar-refractivity contribution in [1.29, 1.82) is 0 Å². The monoisotopic (exact) mass is 490 g/mol. The summed E-state index contributed by atoms with van der Waals surface area (Å²) < 4.78 is 93.2. The zero-order valence-corrected chi connectivity index (χ0v) is 17.5. The second-order valence-electron chi connectivity index (χ2n) is 7.88. The number of carboxylic acids is 1. The first-order valence-corrected chi connectivity index (χ1v) is 10.6. The van der Waals surface area contributed by atoms with Gasteiger partial charge in [0.2, 0.25) is 0 Å². The Bertz CT molecular complexity index is 1190. The summed E-state index contributed by atoms with van der Waals surface area (Å²) in [5.74, 6) is -3.41. The first-order valence-electron chi connectivity index (χ1n) is 9.82. The van der Waals surface area contributed by atoms with Gasteiger partial charge in [0.05, 0.1) is 17.6 Å². The number of hydrogen-bond donors (Lipinski definition) is 1. The normalized spacial score (nSPS) is 15.6. The highest BCUT2D eigenvalue weighted by Crippen LogP contribution is 2.47. The number of hydrogen-bond acceptors (Lipinski definition) is 5. The number of carbonyl (C=O) groups is 1. The smallest absolute Gasteiger partial charge is 0.422 e. The number of nitrogens with zero attached hydrogens (tertiary/aromatic N) is 2. The molecule has 0 aliphatic heterocycles. The van der Waals surface area contributed by atoms with Crippen molar-refractivity contribution in [1.82, 2.24) is 8.75 Å². The van der Waals surface area contributed by atoms with Gasteiger partial charge in [0.1, 0.15) is 22.3 Å². The van der Waals surface area contributed by atoms with E-state index in [1.807, 2.05) is 0 Å². The van der Waals surface area contributed by atoms with Crippen LogP contribution in [0.1, 0.15) is 36.3 Å². The summed E-state index contributed by atoms with van der Waals surface area (Å²) in [6, 6.07) is 5.95.